The number of hydrogen-bond acceptors (Lipinski definition) is 5. The topological polar surface area (TPSA) is 48.4 Å². The molecule has 0 amide bonds. The van der Waals surface area contributed by atoms with Crippen molar-refractivity contribution in [2.24, 2.45) is 5.92 Å². The first kappa shape index (κ1) is 17.2. The van der Waals surface area contributed by atoms with Gasteiger partial charge in [-0.05, 0) is 48.8 Å². The van der Waals surface area contributed by atoms with Crippen LogP contribution in [0, 0.1) is 5.92 Å². The number of nitrogens with one attached hydrogen (secondary N) is 1. The lowest BCUT2D eigenvalue weighted by molar-refractivity contribution is 0.0231. The lowest BCUT2D eigenvalue weighted by Crippen LogP contribution is -2.53. The molecule has 23 heavy (non-hydrogen) atoms. The van der Waals surface area contributed by atoms with Crippen LogP contribution in [0.15, 0.2) is 24.4 Å². The van der Waals surface area contributed by atoms with Crippen molar-refractivity contribution in [2.45, 2.75) is 44.4 Å². The van der Waals surface area contributed by atoms with Crippen molar-refractivity contribution in [3.8, 4) is 0 Å². The van der Waals surface area contributed by atoms with Gasteiger partial charge in [0.25, 0.3) is 0 Å². The molecule has 5 heteroatoms. The maximum absolute atomic E-state index is 10.6. The Labute approximate surface area is 144 Å². The van der Waals surface area contributed by atoms with E-state index in [9.17, 15) is 5.11 Å². The van der Waals surface area contributed by atoms with E-state index in [4.69, 9.17) is 0 Å². The molecule has 4 nitrogen and oxygen atoms in total. The predicted octanol–water partition coefficient (Wildman–Crippen LogP) is 2.14. The van der Waals surface area contributed by atoms with Crippen molar-refractivity contribution in [2.75, 3.05) is 31.1 Å². The van der Waals surface area contributed by atoms with E-state index in [1.165, 1.54) is 0 Å². The summed E-state index contributed by atoms with van der Waals surface area (Å²) in [5, 5.41) is 14.3. The fraction of sp³-hybridized carbons (Fsp3) is 0.722. The van der Waals surface area contributed by atoms with E-state index in [-0.39, 0.29) is 0 Å². The highest BCUT2D eigenvalue weighted by molar-refractivity contribution is 7.99. The molecular formula is C18H29N3OS. The number of hydrogen-bond donors (Lipinski definition) is 2. The van der Waals surface area contributed by atoms with Gasteiger partial charge in [0, 0.05) is 38.4 Å². The average Bonchev–Trinajstić information content (AvgIpc) is 2.56. The second kappa shape index (κ2) is 7.97. The number of pyridine rings is 1. The molecule has 0 bridgehead atoms. The number of likely N-dealkylation sites (tertiary alicyclic amines) is 1. The number of nitrogens with zero attached hydrogens (tertiary/aromatic N) is 2. The Kier molecular flexibility index (Phi) is 5.96. The monoisotopic (exact) mass is 335 g/mol. The summed E-state index contributed by atoms with van der Waals surface area (Å²) in [5.41, 5.74) is 0.677. The largest absolute Gasteiger partial charge is 0.389 e. The fourth-order valence-corrected chi connectivity index (χ4v) is 4.90. The zero-order chi connectivity index (χ0) is 16.1. The van der Waals surface area contributed by atoms with Gasteiger partial charge in [0.15, 0.2) is 0 Å². The van der Waals surface area contributed by atoms with Gasteiger partial charge in [0.1, 0.15) is 0 Å². The SMILES string of the molecule is CC1CN(Cc2ccccn2)CCC1NCC1(O)CCSCC1. The highest BCUT2D eigenvalue weighted by Gasteiger charge is 2.32. The Balaban J connectivity index is 1.45. The molecule has 2 unspecified atom stereocenters. The number of piperidine rings is 1. The number of rotatable bonds is 5. The van der Waals surface area contributed by atoms with Gasteiger partial charge < -0.3 is 10.4 Å². The van der Waals surface area contributed by atoms with E-state index in [0.29, 0.717) is 12.0 Å². The molecule has 0 aromatic carbocycles. The molecule has 128 valence electrons. The molecule has 3 heterocycles. The van der Waals surface area contributed by atoms with Gasteiger partial charge in [0.2, 0.25) is 0 Å². The lowest BCUT2D eigenvalue weighted by atomic mass is 9.91. The van der Waals surface area contributed by atoms with Gasteiger partial charge in [-0.15, -0.1) is 0 Å². The molecule has 0 radical (unpaired) electrons. The van der Waals surface area contributed by atoms with Crippen molar-refractivity contribution in [3.63, 3.8) is 0 Å². The molecule has 1 aromatic heterocycles. The first-order valence-corrected chi connectivity index (χ1v) is 9.96. The first-order valence-electron chi connectivity index (χ1n) is 8.80. The maximum atomic E-state index is 10.6. The van der Waals surface area contributed by atoms with E-state index in [2.05, 4.69) is 34.3 Å². The van der Waals surface area contributed by atoms with Crippen LogP contribution in [-0.2, 0) is 6.54 Å². The number of thioether (sulfide) groups is 1. The number of aliphatic hydroxyl groups is 1. The first-order chi connectivity index (χ1) is 11.1. The van der Waals surface area contributed by atoms with Crippen LogP contribution in [0.1, 0.15) is 31.9 Å². The third-order valence-electron chi connectivity index (χ3n) is 5.22. The molecule has 3 rings (SSSR count). The Morgan fingerprint density at radius 3 is 2.91 bits per heavy atom. The second-order valence-electron chi connectivity index (χ2n) is 7.15. The van der Waals surface area contributed by atoms with Gasteiger partial charge in [-0.1, -0.05) is 13.0 Å². The van der Waals surface area contributed by atoms with E-state index < -0.39 is 5.60 Å². The molecule has 1 aromatic rings. The number of aromatic nitrogens is 1. The Morgan fingerprint density at radius 2 is 2.22 bits per heavy atom. The van der Waals surface area contributed by atoms with Crippen molar-refractivity contribution in [3.05, 3.63) is 30.1 Å². The summed E-state index contributed by atoms with van der Waals surface area (Å²) in [4.78, 5) is 6.93. The van der Waals surface area contributed by atoms with Crippen LogP contribution in [0.2, 0.25) is 0 Å². The molecule has 2 atom stereocenters. The molecule has 2 fully saturated rings. The van der Waals surface area contributed by atoms with Crippen LogP contribution in [0.5, 0.6) is 0 Å². The minimum Gasteiger partial charge on any atom is -0.389 e. The summed E-state index contributed by atoms with van der Waals surface area (Å²) >= 11 is 1.96. The molecule has 0 saturated carbocycles. The summed E-state index contributed by atoms with van der Waals surface area (Å²) in [5.74, 6) is 2.79. The van der Waals surface area contributed by atoms with Crippen molar-refractivity contribution in [1.82, 2.24) is 15.2 Å². The van der Waals surface area contributed by atoms with Crippen molar-refractivity contribution < 1.29 is 5.11 Å². The third-order valence-corrected chi connectivity index (χ3v) is 6.20. The Morgan fingerprint density at radius 1 is 1.39 bits per heavy atom. The van der Waals surface area contributed by atoms with E-state index in [1.807, 2.05) is 24.0 Å². The predicted molar refractivity (Wildman–Crippen MR) is 96.6 cm³/mol. The van der Waals surface area contributed by atoms with E-state index >= 15 is 0 Å². The van der Waals surface area contributed by atoms with Crippen molar-refractivity contribution >= 4 is 11.8 Å². The molecule has 2 aliphatic rings. The van der Waals surface area contributed by atoms with Gasteiger partial charge in [-0.3, -0.25) is 9.88 Å². The van der Waals surface area contributed by atoms with E-state index in [1.54, 1.807) is 0 Å². The highest BCUT2D eigenvalue weighted by Crippen LogP contribution is 2.27. The molecule has 0 spiro atoms. The quantitative estimate of drug-likeness (QED) is 0.863. The summed E-state index contributed by atoms with van der Waals surface area (Å²) in [6.07, 6.45) is 4.88. The highest BCUT2D eigenvalue weighted by atomic mass is 32.2. The van der Waals surface area contributed by atoms with Gasteiger partial charge in [-0.2, -0.15) is 11.8 Å². The van der Waals surface area contributed by atoms with Crippen LogP contribution in [-0.4, -0.2) is 57.8 Å². The van der Waals surface area contributed by atoms with Crippen LogP contribution in [0.25, 0.3) is 0 Å². The molecular weight excluding hydrogens is 306 g/mol. The molecule has 2 N–H and O–H groups in total. The van der Waals surface area contributed by atoms with Crippen LogP contribution >= 0.6 is 11.8 Å². The average molecular weight is 336 g/mol. The van der Waals surface area contributed by atoms with Crippen LogP contribution in [0.4, 0.5) is 0 Å². The Bertz CT molecular complexity index is 478. The zero-order valence-electron chi connectivity index (χ0n) is 14.1. The normalized spacial score (nSPS) is 28.6. The zero-order valence-corrected chi connectivity index (χ0v) is 14.9. The second-order valence-corrected chi connectivity index (χ2v) is 8.37. The minimum atomic E-state index is -0.476. The van der Waals surface area contributed by atoms with Crippen LogP contribution < -0.4 is 5.32 Å². The summed E-state index contributed by atoms with van der Waals surface area (Å²) in [6.45, 7) is 6.22. The lowest BCUT2D eigenvalue weighted by Gasteiger charge is -2.40. The summed E-state index contributed by atoms with van der Waals surface area (Å²) in [6, 6.07) is 6.65. The van der Waals surface area contributed by atoms with E-state index in [0.717, 1.165) is 62.6 Å². The minimum absolute atomic E-state index is 0.476. The molecule has 2 saturated heterocycles. The fourth-order valence-electron chi connectivity index (χ4n) is 3.65. The summed E-state index contributed by atoms with van der Waals surface area (Å²) in [7, 11) is 0. The van der Waals surface area contributed by atoms with Crippen molar-refractivity contribution in [1.29, 1.82) is 0 Å². The van der Waals surface area contributed by atoms with Gasteiger partial charge >= 0.3 is 0 Å². The summed E-state index contributed by atoms with van der Waals surface area (Å²) < 4.78 is 0. The molecule has 2 aliphatic heterocycles. The standard InChI is InChI=1S/C18H29N3OS/c1-15-12-21(13-16-4-2-3-8-19-16)9-5-17(15)20-14-18(22)6-10-23-11-7-18/h2-4,8,15,17,20,22H,5-7,9-14H2,1H3. The Hall–Kier alpha value is -0.620. The third kappa shape index (κ3) is 4.92. The smallest absolute Gasteiger partial charge is 0.0787 e. The van der Waals surface area contributed by atoms with Gasteiger partial charge in [-0.25, -0.2) is 0 Å². The maximum Gasteiger partial charge on any atom is 0.0787 e. The molecule has 0 aliphatic carbocycles. The van der Waals surface area contributed by atoms with Crippen LogP contribution in [0.3, 0.4) is 0 Å². The van der Waals surface area contributed by atoms with Gasteiger partial charge in [0.05, 0.1) is 11.3 Å².